The molecule has 0 atom stereocenters. The van der Waals surface area contributed by atoms with Gasteiger partial charge in [0.25, 0.3) is 0 Å². The molecule has 1 nitrogen and oxygen atoms in total. The summed E-state index contributed by atoms with van der Waals surface area (Å²) >= 11 is 0. The Balaban J connectivity index is 2.53. The second-order valence-corrected chi connectivity index (χ2v) is 3.70. The summed E-state index contributed by atoms with van der Waals surface area (Å²) in [7, 11) is 4.10. The fraction of sp³-hybridized carbons (Fsp3) is 0.143. The van der Waals surface area contributed by atoms with E-state index in [-0.39, 0.29) is 0 Å². The van der Waals surface area contributed by atoms with Crippen molar-refractivity contribution >= 4 is 5.69 Å². The molecule has 15 heavy (non-hydrogen) atoms. The van der Waals surface area contributed by atoms with Crippen molar-refractivity contribution in [2.75, 3.05) is 19.0 Å². The van der Waals surface area contributed by atoms with Crippen molar-refractivity contribution in [3.05, 3.63) is 54.6 Å². The van der Waals surface area contributed by atoms with Gasteiger partial charge in [0.15, 0.2) is 0 Å². The summed E-state index contributed by atoms with van der Waals surface area (Å²) in [5.41, 5.74) is 3.69. The highest BCUT2D eigenvalue weighted by atomic mass is 15.1. The first-order valence-electron chi connectivity index (χ1n) is 5.02. The van der Waals surface area contributed by atoms with E-state index in [1.165, 1.54) is 16.8 Å². The first kappa shape index (κ1) is 9.78. The highest BCUT2D eigenvalue weighted by molar-refractivity contribution is 5.78. The highest BCUT2D eigenvalue weighted by Crippen LogP contribution is 2.28. The Morgan fingerprint density at radius 2 is 1.73 bits per heavy atom. The first-order chi connectivity index (χ1) is 7.29. The van der Waals surface area contributed by atoms with Crippen molar-refractivity contribution in [2.24, 2.45) is 0 Å². The number of hydrogen-bond donors (Lipinski definition) is 0. The zero-order chi connectivity index (χ0) is 10.7. The van der Waals surface area contributed by atoms with Crippen molar-refractivity contribution in [3.8, 4) is 11.1 Å². The van der Waals surface area contributed by atoms with Crippen LogP contribution in [0.25, 0.3) is 11.1 Å². The lowest BCUT2D eigenvalue weighted by atomic mass is 10.0. The van der Waals surface area contributed by atoms with Gasteiger partial charge in [0.05, 0.1) is 0 Å². The van der Waals surface area contributed by atoms with Crippen LogP contribution in [0.1, 0.15) is 0 Å². The summed E-state index contributed by atoms with van der Waals surface area (Å²) in [6, 6.07) is 19.6. The van der Waals surface area contributed by atoms with Crippen LogP contribution in [0.4, 0.5) is 5.69 Å². The molecule has 0 unspecified atom stereocenters. The van der Waals surface area contributed by atoms with Crippen molar-refractivity contribution in [3.63, 3.8) is 0 Å². The van der Waals surface area contributed by atoms with Crippen molar-refractivity contribution in [2.45, 2.75) is 0 Å². The monoisotopic (exact) mass is 196 g/mol. The SMILES string of the molecule is CN(C)c1c[c]ccc1-c1ccccc1. The summed E-state index contributed by atoms with van der Waals surface area (Å²) in [6.45, 7) is 0. The van der Waals surface area contributed by atoms with Crippen LogP contribution < -0.4 is 4.90 Å². The van der Waals surface area contributed by atoms with E-state index in [2.05, 4.69) is 55.4 Å². The Morgan fingerprint density at radius 1 is 1.00 bits per heavy atom. The minimum absolute atomic E-state index is 1.20. The van der Waals surface area contributed by atoms with E-state index in [0.717, 1.165) is 0 Å². The Hall–Kier alpha value is -1.76. The topological polar surface area (TPSA) is 3.24 Å². The second kappa shape index (κ2) is 4.18. The quantitative estimate of drug-likeness (QED) is 0.712. The normalized spacial score (nSPS) is 10.0. The zero-order valence-electron chi connectivity index (χ0n) is 9.07. The molecule has 2 aromatic carbocycles. The predicted molar refractivity (Wildman–Crippen MR) is 65.0 cm³/mol. The van der Waals surface area contributed by atoms with E-state index in [9.17, 15) is 0 Å². The Morgan fingerprint density at radius 3 is 2.40 bits per heavy atom. The Labute approximate surface area is 91.0 Å². The lowest BCUT2D eigenvalue weighted by Gasteiger charge is -2.17. The van der Waals surface area contributed by atoms with Crippen LogP contribution in [0.5, 0.6) is 0 Å². The van der Waals surface area contributed by atoms with Crippen LogP contribution in [0, 0.1) is 6.07 Å². The van der Waals surface area contributed by atoms with E-state index >= 15 is 0 Å². The van der Waals surface area contributed by atoms with Gasteiger partial charge in [-0.15, -0.1) is 0 Å². The third-order valence-electron chi connectivity index (χ3n) is 2.41. The highest BCUT2D eigenvalue weighted by Gasteiger charge is 2.04. The molecule has 0 amide bonds. The second-order valence-electron chi connectivity index (χ2n) is 3.70. The third-order valence-corrected chi connectivity index (χ3v) is 2.41. The van der Waals surface area contributed by atoms with Crippen molar-refractivity contribution in [1.82, 2.24) is 0 Å². The predicted octanol–water partition coefficient (Wildman–Crippen LogP) is 3.22. The molecule has 0 aliphatic carbocycles. The number of anilines is 1. The summed E-state index contributed by atoms with van der Waals surface area (Å²) in [5, 5.41) is 0. The minimum atomic E-state index is 1.20. The van der Waals surface area contributed by atoms with E-state index in [1.807, 2.05) is 18.2 Å². The maximum absolute atomic E-state index is 3.11. The molecule has 0 N–H and O–H groups in total. The molecule has 1 heteroatoms. The third kappa shape index (κ3) is 2.01. The minimum Gasteiger partial charge on any atom is -0.377 e. The number of rotatable bonds is 2. The molecule has 2 rings (SSSR count). The molecule has 1 radical (unpaired) electrons. The molecule has 0 aliphatic heterocycles. The smallest absolute Gasteiger partial charge is 0.0446 e. The van der Waals surface area contributed by atoms with Gasteiger partial charge in [0, 0.05) is 25.3 Å². The zero-order valence-corrected chi connectivity index (χ0v) is 9.07. The standard InChI is InChI=1S/C14H14N/c1-15(2)14-11-7-6-10-13(14)12-8-4-3-5-9-12/h3-6,8-11H,1-2H3. The summed E-state index contributed by atoms with van der Waals surface area (Å²) in [5.74, 6) is 0. The molecule has 0 spiro atoms. The molecule has 0 fully saturated rings. The fourth-order valence-corrected chi connectivity index (χ4v) is 1.65. The molecular weight excluding hydrogens is 182 g/mol. The van der Waals surface area contributed by atoms with Gasteiger partial charge in [0.2, 0.25) is 0 Å². The van der Waals surface area contributed by atoms with E-state index < -0.39 is 0 Å². The number of hydrogen-bond acceptors (Lipinski definition) is 1. The molecular formula is C14H14N. The largest absolute Gasteiger partial charge is 0.377 e. The molecule has 0 bridgehead atoms. The Bertz CT molecular complexity index is 432. The number of nitrogens with zero attached hydrogens (tertiary/aromatic N) is 1. The van der Waals surface area contributed by atoms with Gasteiger partial charge in [-0.1, -0.05) is 42.5 Å². The summed E-state index contributed by atoms with van der Waals surface area (Å²) in [4.78, 5) is 2.11. The van der Waals surface area contributed by atoms with Gasteiger partial charge in [-0.25, -0.2) is 0 Å². The first-order valence-corrected chi connectivity index (χ1v) is 5.02. The van der Waals surface area contributed by atoms with Crippen LogP contribution in [0.3, 0.4) is 0 Å². The summed E-state index contributed by atoms with van der Waals surface area (Å²) in [6.07, 6.45) is 0. The van der Waals surface area contributed by atoms with E-state index in [0.29, 0.717) is 0 Å². The molecule has 2 aromatic rings. The molecule has 0 aliphatic rings. The molecule has 0 heterocycles. The average molecular weight is 196 g/mol. The van der Waals surface area contributed by atoms with Gasteiger partial charge < -0.3 is 4.90 Å². The van der Waals surface area contributed by atoms with Gasteiger partial charge >= 0.3 is 0 Å². The number of benzene rings is 2. The van der Waals surface area contributed by atoms with Crippen LogP contribution in [0.15, 0.2) is 48.5 Å². The molecule has 0 saturated heterocycles. The lowest BCUT2D eigenvalue weighted by Crippen LogP contribution is -2.09. The average Bonchev–Trinajstić information content (AvgIpc) is 2.30. The van der Waals surface area contributed by atoms with E-state index in [4.69, 9.17) is 0 Å². The summed E-state index contributed by atoms with van der Waals surface area (Å²) < 4.78 is 0. The fourth-order valence-electron chi connectivity index (χ4n) is 1.65. The van der Waals surface area contributed by atoms with Crippen LogP contribution in [-0.2, 0) is 0 Å². The molecule has 0 saturated carbocycles. The van der Waals surface area contributed by atoms with Gasteiger partial charge in [-0.2, -0.15) is 0 Å². The molecule has 75 valence electrons. The van der Waals surface area contributed by atoms with Gasteiger partial charge in [0.1, 0.15) is 0 Å². The van der Waals surface area contributed by atoms with Crippen LogP contribution >= 0.6 is 0 Å². The van der Waals surface area contributed by atoms with Gasteiger partial charge in [-0.05, 0) is 17.7 Å². The van der Waals surface area contributed by atoms with Crippen LogP contribution in [-0.4, -0.2) is 14.1 Å². The lowest BCUT2D eigenvalue weighted by molar-refractivity contribution is 1.13. The Kier molecular flexibility index (Phi) is 2.72. The van der Waals surface area contributed by atoms with Gasteiger partial charge in [-0.3, -0.25) is 0 Å². The van der Waals surface area contributed by atoms with Crippen LogP contribution in [0.2, 0.25) is 0 Å². The maximum Gasteiger partial charge on any atom is 0.0446 e. The molecule has 0 aromatic heterocycles. The maximum atomic E-state index is 3.11. The van der Waals surface area contributed by atoms with E-state index in [1.54, 1.807) is 0 Å². The van der Waals surface area contributed by atoms with Crippen molar-refractivity contribution in [1.29, 1.82) is 0 Å². The van der Waals surface area contributed by atoms with Crippen molar-refractivity contribution < 1.29 is 0 Å².